The molecule has 8 heteroatoms. The third-order valence-electron chi connectivity index (χ3n) is 2.93. The van der Waals surface area contributed by atoms with E-state index in [0.29, 0.717) is 22.2 Å². The summed E-state index contributed by atoms with van der Waals surface area (Å²) in [5, 5.41) is 3.47. The smallest absolute Gasteiger partial charge is 0.328 e. The number of nitrogens with one attached hydrogen (secondary N) is 1. The highest BCUT2D eigenvalue weighted by Crippen LogP contribution is 2.22. The molecule has 0 saturated carbocycles. The van der Waals surface area contributed by atoms with E-state index in [1.165, 1.54) is 14.2 Å². The third-order valence-corrected chi connectivity index (χ3v) is 3.51. The second kappa shape index (κ2) is 10.4. The van der Waals surface area contributed by atoms with Crippen LogP contribution in [0.1, 0.15) is 5.56 Å². The summed E-state index contributed by atoms with van der Waals surface area (Å²) < 4.78 is 14.6. The van der Waals surface area contributed by atoms with Crippen molar-refractivity contribution in [2.45, 2.75) is 12.5 Å². The number of methoxy groups -OCH3 is 2. The van der Waals surface area contributed by atoms with Crippen LogP contribution in [-0.4, -0.2) is 52.0 Å². The maximum absolute atomic E-state index is 11.8. The van der Waals surface area contributed by atoms with Crippen molar-refractivity contribution in [3.8, 4) is 0 Å². The van der Waals surface area contributed by atoms with Crippen molar-refractivity contribution in [2.24, 2.45) is 0 Å². The van der Waals surface area contributed by atoms with Crippen LogP contribution in [0.15, 0.2) is 18.2 Å². The monoisotopic (exact) mass is 363 g/mol. The summed E-state index contributed by atoms with van der Waals surface area (Å²) in [6, 6.07) is 4.06. The van der Waals surface area contributed by atoms with Crippen LogP contribution >= 0.6 is 23.2 Å². The highest BCUT2D eigenvalue weighted by molar-refractivity contribution is 6.35. The third kappa shape index (κ3) is 7.18. The van der Waals surface area contributed by atoms with Crippen LogP contribution in [0.4, 0.5) is 0 Å². The van der Waals surface area contributed by atoms with Gasteiger partial charge in [-0.25, -0.2) is 4.79 Å². The largest absolute Gasteiger partial charge is 0.467 e. The van der Waals surface area contributed by atoms with Gasteiger partial charge in [0.1, 0.15) is 12.6 Å². The van der Waals surface area contributed by atoms with Gasteiger partial charge in [-0.15, -0.1) is 0 Å². The summed E-state index contributed by atoms with van der Waals surface area (Å²) in [6.45, 7) is 0.495. The van der Waals surface area contributed by atoms with Crippen molar-refractivity contribution >= 4 is 35.1 Å². The molecule has 0 unspecified atom stereocenters. The Morgan fingerprint density at radius 1 is 1.22 bits per heavy atom. The molecule has 0 aliphatic carbocycles. The first kappa shape index (κ1) is 19.7. The van der Waals surface area contributed by atoms with Gasteiger partial charge in [0.15, 0.2) is 0 Å². The molecule has 0 bridgehead atoms. The van der Waals surface area contributed by atoms with E-state index in [-0.39, 0.29) is 19.6 Å². The first-order chi connectivity index (χ1) is 11.0. The van der Waals surface area contributed by atoms with Crippen molar-refractivity contribution in [1.29, 1.82) is 0 Å². The Labute approximate surface area is 145 Å². The summed E-state index contributed by atoms with van der Waals surface area (Å²) >= 11 is 11.9. The lowest BCUT2D eigenvalue weighted by molar-refractivity contribution is -0.145. The van der Waals surface area contributed by atoms with Crippen molar-refractivity contribution in [3.05, 3.63) is 33.8 Å². The van der Waals surface area contributed by atoms with Gasteiger partial charge >= 0.3 is 5.97 Å². The maximum atomic E-state index is 11.8. The number of esters is 1. The number of halogens is 2. The summed E-state index contributed by atoms with van der Waals surface area (Å²) in [5.74, 6) is -0.997. The van der Waals surface area contributed by atoms with Crippen LogP contribution in [0.25, 0.3) is 0 Å². The topological polar surface area (TPSA) is 73.9 Å². The van der Waals surface area contributed by atoms with E-state index in [9.17, 15) is 9.59 Å². The molecular weight excluding hydrogens is 345 g/mol. The van der Waals surface area contributed by atoms with Gasteiger partial charge in [0.05, 0.1) is 20.3 Å². The molecule has 1 N–H and O–H groups in total. The number of carbonyl (C=O) groups is 2. The molecule has 0 spiro atoms. The average Bonchev–Trinajstić information content (AvgIpc) is 2.52. The van der Waals surface area contributed by atoms with Crippen LogP contribution in [0.3, 0.4) is 0 Å². The van der Waals surface area contributed by atoms with E-state index in [4.69, 9.17) is 37.4 Å². The molecule has 128 valence electrons. The lowest BCUT2D eigenvalue weighted by Crippen LogP contribution is -2.44. The Balaban J connectivity index is 2.65. The van der Waals surface area contributed by atoms with Crippen LogP contribution in [0.5, 0.6) is 0 Å². The fourth-order valence-corrected chi connectivity index (χ4v) is 2.27. The van der Waals surface area contributed by atoms with Crippen LogP contribution in [-0.2, 0) is 30.2 Å². The molecule has 0 aromatic heterocycles. The Hall–Kier alpha value is -1.34. The van der Waals surface area contributed by atoms with Crippen molar-refractivity contribution in [1.82, 2.24) is 5.32 Å². The molecule has 1 amide bonds. The first-order valence-electron chi connectivity index (χ1n) is 6.85. The molecule has 0 aliphatic heterocycles. The molecule has 1 aromatic carbocycles. The zero-order chi connectivity index (χ0) is 17.2. The highest BCUT2D eigenvalue weighted by Gasteiger charge is 2.23. The molecule has 0 fully saturated rings. The van der Waals surface area contributed by atoms with Crippen molar-refractivity contribution < 1.29 is 23.8 Å². The standard InChI is InChI=1S/C15H19Cl2NO5/c1-21-5-6-23-9-14(19)18-13(15(20)22-2)7-10-3-4-11(16)8-12(10)17/h3-4,8,13H,5-7,9H2,1-2H3,(H,18,19)/t13-/m1/s1. The zero-order valence-corrected chi connectivity index (χ0v) is 14.4. The predicted molar refractivity (Wildman–Crippen MR) is 86.8 cm³/mol. The summed E-state index contributed by atoms with van der Waals surface area (Å²) in [6.07, 6.45) is 0.187. The van der Waals surface area contributed by atoms with Gasteiger partial charge in [0.25, 0.3) is 0 Å². The van der Waals surface area contributed by atoms with Gasteiger partial charge < -0.3 is 19.5 Å². The second-order valence-electron chi connectivity index (χ2n) is 4.63. The van der Waals surface area contributed by atoms with Crippen LogP contribution < -0.4 is 5.32 Å². The minimum absolute atomic E-state index is 0.175. The minimum atomic E-state index is -0.864. The SMILES string of the molecule is COCCOCC(=O)N[C@H](Cc1ccc(Cl)cc1Cl)C(=O)OC. The van der Waals surface area contributed by atoms with Gasteiger partial charge in [0, 0.05) is 23.6 Å². The molecule has 0 saturated heterocycles. The number of hydrogen-bond donors (Lipinski definition) is 1. The Morgan fingerprint density at radius 3 is 2.57 bits per heavy atom. The van der Waals surface area contributed by atoms with Gasteiger partial charge in [-0.1, -0.05) is 29.3 Å². The predicted octanol–water partition coefficient (Wildman–Crippen LogP) is 1.86. The maximum Gasteiger partial charge on any atom is 0.328 e. The molecule has 0 aliphatic rings. The van der Waals surface area contributed by atoms with E-state index < -0.39 is 17.9 Å². The number of ether oxygens (including phenoxy) is 3. The lowest BCUT2D eigenvalue weighted by atomic mass is 10.1. The molecule has 23 heavy (non-hydrogen) atoms. The molecule has 1 atom stereocenters. The fraction of sp³-hybridized carbons (Fsp3) is 0.467. The van der Waals surface area contributed by atoms with Gasteiger partial charge in [0.2, 0.25) is 5.91 Å². The highest BCUT2D eigenvalue weighted by atomic mass is 35.5. The first-order valence-corrected chi connectivity index (χ1v) is 7.61. The normalized spacial score (nSPS) is 11.8. The number of amides is 1. The van der Waals surface area contributed by atoms with Crippen molar-refractivity contribution in [3.63, 3.8) is 0 Å². The second-order valence-corrected chi connectivity index (χ2v) is 5.47. The summed E-state index contributed by atoms with van der Waals surface area (Å²) in [7, 11) is 2.78. The molecule has 0 radical (unpaired) electrons. The van der Waals surface area contributed by atoms with Gasteiger partial charge in [-0.05, 0) is 17.7 Å². The summed E-state index contributed by atoms with van der Waals surface area (Å²) in [4.78, 5) is 23.7. The number of rotatable bonds is 9. The zero-order valence-electron chi connectivity index (χ0n) is 12.9. The van der Waals surface area contributed by atoms with E-state index >= 15 is 0 Å². The Kier molecular flexibility index (Phi) is 8.94. The van der Waals surface area contributed by atoms with Gasteiger partial charge in [-0.3, -0.25) is 4.79 Å². The molecular formula is C15H19Cl2NO5. The van der Waals surface area contributed by atoms with Crippen LogP contribution in [0, 0.1) is 0 Å². The van der Waals surface area contributed by atoms with E-state index in [2.05, 4.69) is 5.32 Å². The molecule has 1 rings (SSSR count). The van der Waals surface area contributed by atoms with Gasteiger partial charge in [-0.2, -0.15) is 0 Å². The molecule has 1 aromatic rings. The van der Waals surface area contributed by atoms with Crippen LogP contribution in [0.2, 0.25) is 10.0 Å². The fourth-order valence-electron chi connectivity index (χ4n) is 1.79. The van der Waals surface area contributed by atoms with Crippen molar-refractivity contribution in [2.75, 3.05) is 34.0 Å². The molecule has 0 heterocycles. The minimum Gasteiger partial charge on any atom is -0.467 e. The Morgan fingerprint density at radius 2 is 1.96 bits per heavy atom. The molecule has 6 nitrogen and oxygen atoms in total. The van der Waals surface area contributed by atoms with E-state index in [1.807, 2.05) is 0 Å². The van der Waals surface area contributed by atoms with E-state index in [0.717, 1.165) is 0 Å². The number of carbonyl (C=O) groups excluding carboxylic acids is 2. The number of hydrogen-bond acceptors (Lipinski definition) is 5. The quantitative estimate of drug-likeness (QED) is 0.535. The Bertz CT molecular complexity index is 539. The van der Waals surface area contributed by atoms with E-state index in [1.54, 1.807) is 18.2 Å². The number of benzene rings is 1. The lowest BCUT2D eigenvalue weighted by Gasteiger charge is -2.17. The average molecular weight is 364 g/mol. The summed E-state index contributed by atoms with van der Waals surface area (Å²) in [5.41, 5.74) is 0.673.